The molecule has 2 amide bonds. The zero-order valence-corrected chi connectivity index (χ0v) is 15.9. The molecule has 0 aromatic heterocycles. The van der Waals surface area contributed by atoms with Crippen LogP contribution in [0.4, 0.5) is 0 Å². The van der Waals surface area contributed by atoms with Crippen molar-refractivity contribution in [2.45, 2.75) is 13.5 Å². The van der Waals surface area contributed by atoms with Gasteiger partial charge in [0.05, 0.1) is 0 Å². The van der Waals surface area contributed by atoms with Gasteiger partial charge in [-0.15, -0.1) is 0 Å². The first kappa shape index (κ1) is 20.1. The molecule has 2 aromatic carbocycles. The number of ether oxygens (including phenoxy) is 1. The number of nitrogens with zero attached hydrogens (tertiary/aromatic N) is 1. The van der Waals surface area contributed by atoms with Crippen molar-refractivity contribution in [1.29, 1.82) is 0 Å². The van der Waals surface area contributed by atoms with Crippen LogP contribution in [-0.4, -0.2) is 36.4 Å². The van der Waals surface area contributed by atoms with Gasteiger partial charge in [0.2, 0.25) is 5.91 Å². The summed E-state index contributed by atoms with van der Waals surface area (Å²) in [4.78, 5) is 25.3. The average molecular weight is 395 g/mol. The number of carbonyl (C=O) groups excluding carboxylic acids is 2. The Morgan fingerprint density at radius 1 is 1.08 bits per heavy atom. The molecule has 5 nitrogen and oxygen atoms in total. The summed E-state index contributed by atoms with van der Waals surface area (Å²) < 4.78 is 5.37. The van der Waals surface area contributed by atoms with Crippen LogP contribution in [0, 0.1) is 0 Å². The van der Waals surface area contributed by atoms with Crippen molar-refractivity contribution in [3.63, 3.8) is 0 Å². The summed E-state index contributed by atoms with van der Waals surface area (Å²) in [6, 6.07) is 14.1. The summed E-state index contributed by atoms with van der Waals surface area (Å²) in [6.07, 6.45) is 0. The second kappa shape index (κ2) is 10.0. The second-order valence-corrected chi connectivity index (χ2v) is 6.47. The van der Waals surface area contributed by atoms with Gasteiger partial charge in [-0.1, -0.05) is 41.4 Å². The third-order valence-corrected chi connectivity index (χ3v) is 4.27. The second-order valence-electron chi connectivity index (χ2n) is 5.62. The smallest absolute Gasteiger partial charge is 0.258 e. The summed E-state index contributed by atoms with van der Waals surface area (Å²) in [5, 5.41) is 3.95. The Bertz CT molecular complexity index is 751. The predicted octanol–water partition coefficient (Wildman–Crippen LogP) is 3.54. The van der Waals surface area contributed by atoms with E-state index in [0.717, 1.165) is 5.56 Å². The van der Waals surface area contributed by atoms with Crippen LogP contribution < -0.4 is 10.1 Å². The van der Waals surface area contributed by atoms with E-state index in [9.17, 15) is 9.59 Å². The number of benzene rings is 2. The molecule has 0 radical (unpaired) electrons. The molecule has 0 aliphatic rings. The molecule has 0 atom stereocenters. The van der Waals surface area contributed by atoms with E-state index in [-0.39, 0.29) is 18.4 Å². The van der Waals surface area contributed by atoms with Crippen LogP contribution in [0.3, 0.4) is 0 Å². The minimum Gasteiger partial charge on any atom is -0.484 e. The van der Waals surface area contributed by atoms with Crippen LogP contribution in [0.15, 0.2) is 48.5 Å². The van der Waals surface area contributed by atoms with E-state index >= 15 is 0 Å². The van der Waals surface area contributed by atoms with E-state index in [1.165, 1.54) is 6.92 Å². The van der Waals surface area contributed by atoms with Crippen molar-refractivity contribution in [3.05, 3.63) is 64.1 Å². The highest BCUT2D eigenvalue weighted by molar-refractivity contribution is 6.31. The minimum absolute atomic E-state index is 0.0865. The molecule has 7 heteroatoms. The Hall–Kier alpha value is -2.24. The normalized spacial score (nSPS) is 10.3. The highest BCUT2D eigenvalue weighted by Gasteiger charge is 2.12. The van der Waals surface area contributed by atoms with Crippen molar-refractivity contribution in [1.82, 2.24) is 10.2 Å². The monoisotopic (exact) mass is 394 g/mol. The Morgan fingerprint density at radius 3 is 2.42 bits per heavy atom. The van der Waals surface area contributed by atoms with E-state index in [1.807, 2.05) is 18.2 Å². The fourth-order valence-electron chi connectivity index (χ4n) is 2.24. The first-order chi connectivity index (χ1) is 12.5. The van der Waals surface area contributed by atoms with Gasteiger partial charge in [-0.25, -0.2) is 0 Å². The topological polar surface area (TPSA) is 58.6 Å². The SMILES string of the molecule is CC(=O)N(CCNC(=O)COc1ccc(Cl)cc1)Cc1ccccc1Cl. The quantitative estimate of drug-likeness (QED) is 0.744. The fraction of sp³-hybridized carbons (Fsp3) is 0.263. The zero-order valence-electron chi connectivity index (χ0n) is 14.4. The minimum atomic E-state index is -0.263. The molecule has 0 aliphatic carbocycles. The third-order valence-electron chi connectivity index (χ3n) is 3.65. The van der Waals surface area contributed by atoms with Crippen LogP contribution in [0.2, 0.25) is 10.0 Å². The first-order valence-electron chi connectivity index (χ1n) is 8.09. The molecule has 138 valence electrons. The number of halogens is 2. The number of hydrogen-bond acceptors (Lipinski definition) is 3. The maximum Gasteiger partial charge on any atom is 0.258 e. The molecule has 26 heavy (non-hydrogen) atoms. The highest BCUT2D eigenvalue weighted by atomic mass is 35.5. The van der Waals surface area contributed by atoms with Crippen molar-refractivity contribution in [2.75, 3.05) is 19.7 Å². The Balaban J connectivity index is 1.76. The summed E-state index contributed by atoms with van der Waals surface area (Å²) in [6.45, 7) is 2.49. The lowest BCUT2D eigenvalue weighted by molar-refractivity contribution is -0.130. The van der Waals surface area contributed by atoms with Gasteiger partial charge >= 0.3 is 0 Å². The van der Waals surface area contributed by atoms with E-state index in [4.69, 9.17) is 27.9 Å². The van der Waals surface area contributed by atoms with Crippen LogP contribution in [-0.2, 0) is 16.1 Å². The van der Waals surface area contributed by atoms with Gasteiger partial charge in [-0.3, -0.25) is 9.59 Å². The molecule has 0 fully saturated rings. The van der Waals surface area contributed by atoms with Gasteiger partial charge in [0.25, 0.3) is 5.91 Å². The molecule has 0 saturated heterocycles. The number of hydrogen-bond donors (Lipinski definition) is 1. The molecular formula is C19H20Cl2N2O3. The molecular weight excluding hydrogens is 375 g/mol. The average Bonchev–Trinajstić information content (AvgIpc) is 2.62. The van der Waals surface area contributed by atoms with Gasteiger partial charge in [0, 0.05) is 36.6 Å². The maximum atomic E-state index is 11.9. The lowest BCUT2D eigenvalue weighted by Crippen LogP contribution is -2.38. The van der Waals surface area contributed by atoms with Crippen molar-refractivity contribution < 1.29 is 14.3 Å². The van der Waals surface area contributed by atoms with E-state index in [1.54, 1.807) is 35.2 Å². The summed E-state index contributed by atoms with van der Waals surface area (Å²) in [5.74, 6) is 0.214. The van der Waals surface area contributed by atoms with Gasteiger partial charge in [-0.2, -0.15) is 0 Å². The lowest BCUT2D eigenvalue weighted by Gasteiger charge is -2.22. The molecule has 1 N–H and O–H groups in total. The molecule has 0 aliphatic heterocycles. The van der Waals surface area contributed by atoms with Crippen molar-refractivity contribution in [2.24, 2.45) is 0 Å². The number of nitrogens with one attached hydrogen (secondary N) is 1. The van der Waals surface area contributed by atoms with Gasteiger partial charge in [0.1, 0.15) is 5.75 Å². The van der Waals surface area contributed by atoms with Gasteiger partial charge in [0.15, 0.2) is 6.61 Å². The van der Waals surface area contributed by atoms with Crippen LogP contribution in [0.5, 0.6) is 5.75 Å². The third kappa shape index (κ3) is 6.58. The number of amides is 2. The Labute approximate surface area is 162 Å². The molecule has 0 unspecified atom stereocenters. The summed E-state index contributed by atoms with van der Waals surface area (Å²) >= 11 is 11.9. The molecule has 2 aromatic rings. The molecule has 0 bridgehead atoms. The highest BCUT2D eigenvalue weighted by Crippen LogP contribution is 2.17. The lowest BCUT2D eigenvalue weighted by atomic mass is 10.2. The van der Waals surface area contributed by atoms with Crippen LogP contribution >= 0.6 is 23.2 Å². The summed E-state index contributed by atoms with van der Waals surface area (Å²) in [7, 11) is 0. The Kier molecular flexibility index (Phi) is 7.75. The van der Waals surface area contributed by atoms with Crippen LogP contribution in [0.1, 0.15) is 12.5 Å². The largest absolute Gasteiger partial charge is 0.484 e. The maximum absolute atomic E-state index is 11.9. The van der Waals surface area contributed by atoms with E-state index in [2.05, 4.69) is 5.32 Å². The fourth-order valence-corrected chi connectivity index (χ4v) is 2.56. The molecule has 0 heterocycles. The van der Waals surface area contributed by atoms with E-state index in [0.29, 0.717) is 35.4 Å². The molecule has 2 rings (SSSR count). The van der Waals surface area contributed by atoms with Crippen molar-refractivity contribution >= 4 is 35.0 Å². The molecule has 0 spiro atoms. The van der Waals surface area contributed by atoms with Gasteiger partial charge in [-0.05, 0) is 35.9 Å². The van der Waals surface area contributed by atoms with E-state index < -0.39 is 0 Å². The first-order valence-corrected chi connectivity index (χ1v) is 8.85. The zero-order chi connectivity index (χ0) is 18.9. The molecule has 0 saturated carbocycles. The summed E-state index contributed by atoms with van der Waals surface area (Å²) in [5.41, 5.74) is 0.863. The van der Waals surface area contributed by atoms with Crippen molar-refractivity contribution in [3.8, 4) is 5.75 Å². The van der Waals surface area contributed by atoms with Gasteiger partial charge < -0.3 is 15.0 Å². The number of rotatable bonds is 8. The van der Waals surface area contributed by atoms with Crippen LogP contribution in [0.25, 0.3) is 0 Å². The predicted molar refractivity (Wildman–Crippen MR) is 102 cm³/mol. The number of carbonyl (C=O) groups is 2. The standard InChI is InChI=1S/C19H20Cl2N2O3/c1-14(24)23(12-15-4-2-3-5-18(15)21)11-10-22-19(25)13-26-17-8-6-16(20)7-9-17/h2-9H,10-13H2,1H3,(H,22,25). The Morgan fingerprint density at radius 2 is 1.77 bits per heavy atom.